The molecule has 1 aromatic rings. The van der Waals surface area contributed by atoms with Gasteiger partial charge in [-0.1, -0.05) is 6.07 Å². The summed E-state index contributed by atoms with van der Waals surface area (Å²) in [5.41, 5.74) is 7.12. The van der Waals surface area contributed by atoms with E-state index in [0.29, 0.717) is 11.3 Å². The lowest BCUT2D eigenvalue weighted by molar-refractivity contribution is 0.0472. The predicted molar refractivity (Wildman–Crippen MR) is 68.8 cm³/mol. The van der Waals surface area contributed by atoms with E-state index in [0.717, 1.165) is 5.56 Å². The molecule has 1 amide bonds. The van der Waals surface area contributed by atoms with E-state index < -0.39 is 5.54 Å². The third-order valence-electron chi connectivity index (χ3n) is 3.09. The van der Waals surface area contributed by atoms with Crippen molar-refractivity contribution in [3.8, 4) is 0 Å². The second-order valence-electron chi connectivity index (χ2n) is 4.91. The number of rotatable bonds is 3. The number of aliphatic hydroxyl groups is 1. The van der Waals surface area contributed by atoms with Crippen LogP contribution in [-0.2, 0) is 0 Å². The van der Waals surface area contributed by atoms with Crippen LogP contribution in [0.2, 0.25) is 0 Å². The van der Waals surface area contributed by atoms with Gasteiger partial charge in [-0.25, -0.2) is 0 Å². The number of likely N-dealkylation sites (N-methyl/N-ethyl adjacent to an activating group) is 1. The molecule has 17 heavy (non-hydrogen) atoms. The van der Waals surface area contributed by atoms with Crippen molar-refractivity contribution in [2.24, 2.45) is 0 Å². The van der Waals surface area contributed by atoms with E-state index in [2.05, 4.69) is 0 Å². The molecule has 4 heteroatoms. The Morgan fingerprint density at radius 1 is 1.47 bits per heavy atom. The second-order valence-corrected chi connectivity index (χ2v) is 4.91. The molecule has 0 aliphatic heterocycles. The highest BCUT2D eigenvalue weighted by atomic mass is 16.3. The molecular weight excluding hydrogens is 216 g/mol. The average molecular weight is 236 g/mol. The topological polar surface area (TPSA) is 66.6 Å². The van der Waals surface area contributed by atoms with Crippen molar-refractivity contribution in [2.45, 2.75) is 26.3 Å². The normalized spacial score (nSPS) is 11.4. The van der Waals surface area contributed by atoms with Gasteiger partial charge in [-0.05, 0) is 38.5 Å². The summed E-state index contributed by atoms with van der Waals surface area (Å²) in [7, 11) is 1.68. The molecule has 0 aromatic heterocycles. The number of hydrogen-bond donors (Lipinski definition) is 2. The van der Waals surface area contributed by atoms with E-state index in [4.69, 9.17) is 5.73 Å². The molecular formula is C13H20N2O2. The lowest BCUT2D eigenvalue weighted by Crippen LogP contribution is -2.47. The minimum absolute atomic E-state index is 0.0867. The zero-order valence-electron chi connectivity index (χ0n) is 10.8. The first kappa shape index (κ1) is 13.5. The summed E-state index contributed by atoms with van der Waals surface area (Å²) in [6.45, 7) is 5.40. The van der Waals surface area contributed by atoms with E-state index >= 15 is 0 Å². The Morgan fingerprint density at radius 3 is 2.59 bits per heavy atom. The number of aliphatic hydroxyl groups excluding tert-OH is 1. The van der Waals surface area contributed by atoms with Crippen LogP contribution < -0.4 is 5.73 Å². The highest BCUT2D eigenvalue weighted by molar-refractivity contribution is 5.96. The first-order valence-electron chi connectivity index (χ1n) is 5.55. The first-order chi connectivity index (χ1) is 7.79. The van der Waals surface area contributed by atoms with E-state index in [1.807, 2.05) is 26.8 Å². The maximum absolute atomic E-state index is 12.3. The highest BCUT2D eigenvalue weighted by Gasteiger charge is 2.28. The molecule has 1 aromatic carbocycles. The van der Waals surface area contributed by atoms with Crippen LogP contribution in [0.3, 0.4) is 0 Å². The van der Waals surface area contributed by atoms with Crippen LogP contribution in [0.4, 0.5) is 5.69 Å². The fourth-order valence-corrected chi connectivity index (χ4v) is 1.43. The van der Waals surface area contributed by atoms with Crippen molar-refractivity contribution in [2.75, 3.05) is 19.4 Å². The average Bonchev–Trinajstić information content (AvgIpc) is 2.30. The summed E-state index contributed by atoms with van der Waals surface area (Å²) in [5, 5.41) is 9.27. The van der Waals surface area contributed by atoms with Gasteiger partial charge in [0.1, 0.15) is 0 Å². The summed E-state index contributed by atoms with van der Waals surface area (Å²) < 4.78 is 0. The Labute approximate surface area is 102 Å². The summed E-state index contributed by atoms with van der Waals surface area (Å²) in [4.78, 5) is 13.8. The molecule has 0 radical (unpaired) electrons. The van der Waals surface area contributed by atoms with Crippen LogP contribution in [0, 0.1) is 6.92 Å². The molecule has 0 bridgehead atoms. The molecule has 0 saturated heterocycles. The Morgan fingerprint density at radius 2 is 2.06 bits per heavy atom. The van der Waals surface area contributed by atoms with E-state index in [1.54, 1.807) is 19.2 Å². The number of nitrogens with zero attached hydrogens (tertiary/aromatic N) is 1. The molecule has 0 atom stereocenters. The number of benzene rings is 1. The van der Waals surface area contributed by atoms with Crippen molar-refractivity contribution < 1.29 is 9.90 Å². The number of anilines is 1. The van der Waals surface area contributed by atoms with E-state index in [9.17, 15) is 9.90 Å². The van der Waals surface area contributed by atoms with Gasteiger partial charge < -0.3 is 15.7 Å². The van der Waals surface area contributed by atoms with Crippen LogP contribution in [-0.4, -0.2) is 35.1 Å². The molecule has 0 fully saturated rings. The van der Waals surface area contributed by atoms with Crippen molar-refractivity contribution in [3.05, 3.63) is 29.3 Å². The molecule has 1 rings (SSSR count). The third-order valence-corrected chi connectivity index (χ3v) is 3.09. The Balaban J connectivity index is 3.08. The molecule has 0 aliphatic rings. The van der Waals surface area contributed by atoms with E-state index in [1.165, 1.54) is 4.90 Å². The zero-order chi connectivity index (χ0) is 13.2. The van der Waals surface area contributed by atoms with Crippen LogP contribution in [0.25, 0.3) is 0 Å². The molecule has 3 N–H and O–H groups in total. The smallest absolute Gasteiger partial charge is 0.254 e. The number of amides is 1. The van der Waals surface area contributed by atoms with Crippen LogP contribution >= 0.6 is 0 Å². The van der Waals surface area contributed by atoms with Crippen molar-refractivity contribution in [1.82, 2.24) is 4.90 Å². The van der Waals surface area contributed by atoms with Crippen LogP contribution in [0.1, 0.15) is 29.8 Å². The minimum Gasteiger partial charge on any atom is -0.399 e. The molecule has 0 unspecified atom stereocenters. The lowest BCUT2D eigenvalue weighted by atomic mass is 10.0. The second kappa shape index (κ2) is 4.75. The molecule has 0 saturated carbocycles. The predicted octanol–water partition coefficient (Wildman–Crippen LogP) is 1.42. The molecule has 0 aliphatic carbocycles. The van der Waals surface area contributed by atoms with Gasteiger partial charge in [-0.2, -0.15) is 0 Å². The third kappa shape index (κ3) is 2.77. The Hall–Kier alpha value is -1.55. The van der Waals surface area contributed by atoms with E-state index in [-0.39, 0.29) is 12.5 Å². The first-order valence-corrected chi connectivity index (χ1v) is 5.55. The number of carbonyl (C=O) groups is 1. The van der Waals surface area contributed by atoms with Crippen LogP contribution in [0.5, 0.6) is 0 Å². The summed E-state index contributed by atoms with van der Waals surface area (Å²) in [6.07, 6.45) is 0. The van der Waals surface area contributed by atoms with Crippen molar-refractivity contribution >= 4 is 11.6 Å². The maximum atomic E-state index is 12.3. The largest absolute Gasteiger partial charge is 0.399 e. The van der Waals surface area contributed by atoms with Gasteiger partial charge in [-0.15, -0.1) is 0 Å². The lowest BCUT2D eigenvalue weighted by Gasteiger charge is -2.34. The monoisotopic (exact) mass is 236 g/mol. The number of hydrogen-bond acceptors (Lipinski definition) is 3. The summed E-state index contributed by atoms with van der Waals surface area (Å²) in [5.74, 6) is -0.131. The fraction of sp³-hybridized carbons (Fsp3) is 0.462. The summed E-state index contributed by atoms with van der Waals surface area (Å²) >= 11 is 0. The van der Waals surface area contributed by atoms with Crippen molar-refractivity contribution in [1.29, 1.82) is 0 Å². The van der Waals surface area contributed by atoms with Crippen LogP contribution in [0.15, 0.2) is 18.2 Å². The molecule has 0 heterocycles. The number of nitrogens with two attached hydrogens (primary N) is 1. The van der Waals surface area contributed by atoms with Gasteiger partial charge in [0.15, 0.2) is 0 Å². The fourth-order valence-electron chi connectivity index (χ4n) is 1.43. The molecule has 4 nitrogen and oxygen atoms in total. The van der Waals surface area contributed by atoms with Crippen molar-refractivity contribution in [3.63, 3.8) is 0 Å². The Bertz CT molecular complexity index is 427. The summed E-state index contributed by atoms with van der Waals surface area (Å²) in [6, 6.07) is 5.26. The highest BCUT2D eigenvalue weighted by Crippen LogP contribution is 2.19. The maximum Gasteiger partial charge on any atom is 0.254 e. The molecule has 0 spiro atoms. The van der Waals surface area contributed by atoms with Gasteiger partial charge in [0.05, 0.1) is 12.1 Å². The van der Waals surface area contributed by atoms with Gasteiger partial charge in [-0.3, -0.25) is 4.79 Å². The quantitative estimate of drug-likeness (QED) is 0.780. The van der Waals surface area contributed by atoms with Gasteiger partial charge in [0.2, 0.25) is 0 Å². The van der Waals surface area contributed by atoms with Gasteiger partial charge in [0, 0.05) is 18.3 Å². The number of nitrogen functional groups attached to an aromatic ring is 1. The standard InChI is InChI=1S/C13H20N2O2/c1-9-5-6-10(14)7-11(9)12(17)15(4)13(2,3)8-16/h5-7,16H,8,14H2,1-4H3. The SMILES string of the molecule is Cc1ccc(N)cc1C(=O)N(C)C(C)(C)CO. The van der Waals surface area contributed by atoms with Gasteiger partial charge >= 0.3 is 0 Å². The minimum atomic E-state index is -0.589. The zero-order valence-corrected chi connectivity index (χ0v) is 10.8. The number of aryl methyl sites for hydroxylation is 1. The number of carbonyl (C=O) groups excluding carboxylic acids is 1. The Kier molecular flexibility index (Phi) is 3.78. The molecule has 94 valence electrons. The van der Waals surface area contributed by atoms with Gasteiger partial charge in [0.25, 0.3) is 5.91 Å².